The van der Waals surface area contributed by atoms with E-state index in [9.17, 15) is 0 Å². The van der Waals surface area contributed by atoms with Crippen molar-refractivity contribution in [3.8, 4) is 0 Å². The van der Waals surface area contributed by atoms with Gasteiger partial charge in [-0.2, -0.15) is 11.8 Å². The fourth-order valence-electron chi connectivity index (χ4n) is 1.28. The van der Waals surface area contributed by atoms with Gasteiger partial charge in [-0.1, -0.05) is 37.6 Å². The van der Waals surface area contributed by atoms with Gasteiger partial charge in [-0.15, -0.1) is 0 Å². The Bertz CT molecular complexity index is 302. The van der Waals surface area contributed by atoms with Gasteiger partial charge in [-0.25, -0.2) is 0 Å². The van der Waals surface area contributed by atoms with E-state index in [1.165, 1.54) is 12.2 Å². The molecule has 0 amide bonds. The molecule has 1 nitrogen and oxygen atoms in total. The smallest absolute Gasteiger partial charge is 0.0637 e. The SMILES string of the molecule is CC(C)CCSCCNc1ccccc1Cl. The molecule has 1 N–H and O–H groups in total. The van der Waals surface area contributed by atoms with Crippen LogP contribution in [0.2, 0.25) is 5.02 Å². The molecule has 3 heteroatoms. The van der Waals surface area contributed by atoms with Crippen LogP contribution in [-0.2, 0) is 0 Å². The normalized spacial score (nSPS) is 10.8. The van der Waals surface area contributed by atoms with Gasteiger partial charge in [0.25, 0.3) is 0 Å². The summed E-state index contributed by atoms with van der Waals surface area (Å²) in [6, 6.07) is 7.88. The predicted octanol–water partition coefficient (Wildman–Crippen LogP) is 4.53. The molecule has 1 aromatic rings. The molecule has 0 bridgehead atoms. The van der Waals surface area contributed by atoms with Gasteiger partial charge >= 0.3 is 0 Å². The third-order valence-electron chi connectivity index (χ3n) is 2.28. The number of halogens is 1. The van der Waals surface area contributed by atoms with Crippen molar-refractivity contribution in [2.75, 3.05) is 23.4 Å². The molecule has 0 spiro atoms. The van der Waals surface area contributed by atoms with E-state index in [1.807, 2.05) is 36.0 Å². The van der Waals surface area contributed by atoms with Crippen molar-refractivity contribution in [3.05, 3.63) is 29.3 Å². The van der Waals surface area contributed by atoms with E-state index < -0.39 is 0 Å². The van der Waals surface area contributed by atoms with E-state index in [2.05, 4.69) is 19.2 Å². The molecule has 0 aromatic heterocycles. The van der Waals surface area contributed by atoms with Crippen LogP contribution in [0.15, 0.2) is 24.3 Å². The molecule has 0 aliphatic rings. The van der Waals surface area contributed by atoms with Crippen molar-refractivity contribution in [2.45, 2.75) is 20.3 Å². The van der Waals surface area contributed by atoms with Crippen LogP contribution in [-0.4, -0.2) is 18.1 Å². The summed E-state index contributed by atoms with van der Waals surface area (Å²) in [6.07, 6.45) is 1.30. The van der Waals surface area contributed by atoms with E-state index in [4.69, 9.17) is 11.6 Å². The van der Waals surface area contributed by atoms with Gasteiger partial charge in [0.1, 0.15) is 0 Å². The Kier molecular flexibility index (Phi) is 6.74. The molecule has 0 heterocycles. The number of para-hydroxylation sites is 1. The van der Waals surface area contributed by atoms with Crippen molar-refractivity contribution < 1.29 is 0 Å². The highest BCUT2D eigenvalue weighted by atomic mass is 35.5. The van der Waals surface area contributed by atoms with Gasteiger partial charge in [-0.05, 0) is 30.2 Å². The zero-order chi connectivity index (χ0) is 11.8. The molecule has 0 saturated carbocycles. The molecule has 0 aliphatic carbocycles. The van der Waals surface area contributed by atoms with Gasteiger partial charge < -0.3 is 5.32 Å². The second-order valence-corrected chi connectivity index (χ2v) is 5.83. The number of hydrogen-bond donors (Lipinski definition) is 1. The lowest BCUT2D eigenvalue weighted by atomic mass is 10.2. The zero-order valence-electron chi connectivity index (χ0n) is 10.0. The molecule has 0 unspecified atom stereocenters. The van der Waals surface area contributed by atoms with E-state index in [-0.39, 0.29) is 0 Å². The lowest BCUT2D eigenvalue weighted by Gasteiger charge is -2.08. The maximum atomic E-state index is 6.04. The van der Waals surface area contributed by atoms with Gasteiger partial charge in [-0.3, -0.25) is 0 Å². The second kappa shape index (κ2) is 7.86. The quantitative estimate of drug-likeness (QED) is 0.721. The van der Waals surface area contributed by atoms with Crippen LogP contribution >= 0.6 is 23.4 Å². The molecule has 0 saturated heterocycles. The zero-order valence-corrected chi connectivity index (χ0v) is 11.6. The summed E-state index contributed by atoms with van der Waals surface area (Å²) in [4.78, 5) is 0. The first-order chi connectivity index (χ1) is 7.70. The average Bonchev–Trinajstić information content (AvgIpc) is 2.25. The van der Waals surface area contributed by atoms with Crippen LogP contribution in [0.5, 0.6) is 0 Å². The monoisotopic (exact) mass is 257 g/mol. The summed E-state index contributed by atoms with van der Waals surface area (Å²) < 4.78 is 0. The number of hydrogen-bond acceptors (Lipinski definition) is 2. The molecule has 0 fully saturated rings. The lowest BCUT2D eigenvalue weighted by molar-refractivity contribution is 0.632. The largest absolute Gasteiger partial charge is 0.383 e. The second-order valence-electron chi connectivity index (χ2n) is 4.20. The van der Waals surface area contributed by atoms with Crippen LogP contribution in [0.25, 0.3) is 0 Å². The molecule has 0 atom stereocenters. The first-order valence-electron chi connectivity index (χ1n) is 5.76. The molecule has 16 heavy (non-hydrogen) atoms. The predicted molar refractivity (Wildman–Crippen MR) is 76.7 cm³/mol. The van der Waals surface area contributed by atoms with E-state index in [0.29, 0.717) is 0 Å². The standard InChI is InChI=1S/C13H20ClNS/c1-11(2)7-9-16-10-8-15-13-6-4-3-5-12(13)14/h3-6,11,15H,7-10H2,1-2H3. The number of anilines is 1. The first kappa shape index (κ1) is 13.7. The van der Waals surface area contributed by atoms with Gasteiger partial charge in [0, 0.05) is 12.3 Å². The molecule has 1 aromatic carbocycles. The highest BCUT2D eigenvalue weighted by Crippen LogP contribution is 2.20. The first-order valence-corrected chi connectivity index (χ1v) is 7.29. The molecule has 0 aliphatic heterocycles. The number of benzene rings is 1. The van der Waals surface area contributed by atoms with E-state index >= 15 is 0 Å². The third-order valence-corrected chi connectivity index (χ3v) is 3.62. The molecule has 1 rings (SSSR count). The Morgan fingerprint density at radius 2 is 2.00 bits per heavy atom. The molecule has 0 radical (unpaired) electrons. The minimum Gasteiger partial charge on any atom is -0.383 e. The fourth-order valence-corrected chi connectivity index (χ4v) is 2.57. The van der Waals surface area contributed by atoms with Crippen molar-refractivity contribution in [1.29, 1.82) is 0 Å². The highest BCUT2D eigenvalue weighted by Gasteiger charge is 1.97. The van der Waals surface area contributed by atoms with Gasteiger partial charge in [0.15, 0.2) is 0 Å². The summed E-state index contributed by atoms with van der Waals surface area (Å²) >= 11 is 8.04. The third kappa shape index (κ3) is 5.66. The highest BCUT2D eigenvalue weighted by molar-refractivity contribution is 7.99. The Hall–Kier alpha value is -0.340. The van der Waals surface area contributed by atoms with Crippen LogP contribution < -0.4 is 5.32 Å². The van der Waals surface area contributed by atoms with Crippen LogP contribution in [0, 0.1) is 5.92 Å². The molecular weight excluding hydrogens is 238 g/mol. The van der Waals surface area contributed by atoms with E-state index in [1.54, 1.807) is 0 Å². The van der Waals surface area contributed by atoms with Gasteiger partial charge in [0.05, 0.1) is 10.7 Å². The van der Waals surface area contributed by atoms with Gasteiger partial charge in [0.2, 0.25) is 0 Å². The Morgan fingerprint density at radius 3 is 2.69 bits per heavy atom. The maximum absolute atomic E-state index is 6.04. The molecule has 90 valence electrons. The van der Waals surface area contributed by atoms with Crippen LogP contribution in [0.1, 0.15) is 20.3 Å². The fraction of sp³-hybridized carbons (Fsp3) is 0.538. The molecular formula is C13H20ClNS. The summed E-state index contributed by atoms with van der Waals surface area (Å²) in [7, 11) is 0. The summed E-state index contributed by atoms with van der Waals surface area (Å²) in [5.74, 6) is 3.20. The van der Waals surface area contributed by atoms with Crippen LogP contribution in [0.4, 0.5) is 5.69 Å². The Morgan fingerprint density at radius 1 is 1.25 bits per heavy atom. The van der Waals surface area contributed by atoms with Crippen molar-refractivity contribution >= 4 is 29.1 Å². The number of thioether (sulfide) groups is 1. The number of rotatable bonds is 7. The maximum Gasteiger partial charge on any atom is 0.0637 e. The summed E-state index contributed by atoms with van der Waals surface area (Å²) in [5, 5.41) is 4.15. The minimum absolute atomic E-state index is 0.801. The van der Waals surface area contributed by atoms with Crippen molar-refractivity contribution in [3.63, 3.8) is 0 Å². The summed E-state index contributed by atoms with van der Waals surface area (Å²) in [5.41, 5.74) is 1.04. The van der Waals surface area contributed by atoms with E-state index in [0.717, 1.165) is 28.9 Å². The van der Waals surface area contributed by atoms with Crippen molar-refractivity contribution in [1.82, 2.24) is 0 Å². The minimum atomic E-state index is 0.801. The summed E-state index contributed by atoms with van der Waals surface area (Å²) in [6.45, 7) is 5.51. The topological polar surface area (TPSA) is 12.0 Å². The Labute approximate surface area is 108 Å². The Balaban J connectivity index is 2.10. The average molecular weight is 258 g/mol. The number of nitrogens with one attached hydrogen (secondary N) is 1. The van der Waals surface area contributed by atoms with Crippen molar-refractivity contribution in [2.24, 2.45) is 5.92 Å². The van der Waals surface area contributed by atoms with Crippen LogP contribution in [0.3, 0.4) is 0 Å². The lowest BCUT2D eigenvalue weighted by Crippen LogP contribution is -2.05.